The summed E-state index contributed by atoms with van der Waals surface area (Å²) in [6.45, 7) is 4.21. The first kappa shape index (κ1) is 10.8. The van der Waals surface area contributed by atoms with Gasteiger partial charge in [0.15, 0.2) is 0 Å². The molecule has 0 atom stereocenters. The second-order valence-corrected chi connectivity index (χ2v) is 4.78. The van der Waals surface area contributed by atoms with Crippen molar-refractivity contribution in [3.8, 4) is 5.75 Å². The Kier molecular flexibility index (Phi) is 3.17. The lowest BCUT2D eigenvalue weighted by molar-refractivity contribution is 0.312. The predicted molar refractivity (Wildman–Crippen MR) is 65.5 cm³/mol. The second kappa shape index (κ2) is 4.41. The Morgan fingerprint density at radius 2 is 1.87 bits per heavy atom. The minimum atomic E-state index is 0.312. The zero-order chi connectivity index (χ0) is 10.8. The molecule has 0 amide bonds. The highest BCUT2D eigenvalue weighted by Crippen LogP contribution is 2.28. The van der Waals surface area contributed by atoms with Gasteiger partial charge in [0.05, 0.1) is 4.47 Å². The number of phenols is 1. The van der Waals surface area contributed by atoms with Gasteiger partial charge in [0.2, 0.25) is 0 Å². The Hall–Kier alpha value is -0.740. The molecular weight excluding hydrogens is 256 g/mol. The van der Waals surface area contributed by atoms with E-state index in [1.807, 2.05) is 18.2 Å². The largest absolute Gasteiger partial charge is 0.507 e. The fourth-order valence-corrected chi connectivity index (χ4v) is 2.01. The van der Waals surface area contributed by atoms with Crippen molar-refractivity contribution in [1.82, 2.24) is 4.90 Å². The molecule has 0 aromatic heterocycles. The number of hydrogen-bond acceptors (Lipinski definition) is 3. The number of aromatic hydroxyl groups is 1. The normalized spacial score (nSPS) is 18.1. The maximum Gasteiger partial charge on any atom is 0.131 e. The van der Waals surface area contributed by atoms with Crippen LogP contribution in [0, 0.1) is 0 Å². The lowest BCUT2D eigenvalue weighted by Crippen LogP contribution is -2.44. The Labute approximate surface area is 98.4 Å². The van der Waals surface area contributed by atoms with E-state index < -0.39 is 0 Å². The van der Waals surface area contributed by atoms with Gasteiger partial charge in [-0.05, 0) is 35.1 Å². The van der Waals surface area contributed by atoms with Crippen molar-refractivity contribution in [1.29, 1.82) is 0 Å². The van der Waals surface area contributed by atoms with Crippen molar-refractivity contribution >= 4 is 21.6 Å². The predicted octanol–water partition coefficient (Wildman–Crippen LogP) is 1.91. The molecule has 82 valence electrons. The van der Waals surface area contributed by atoms with Crippen molar-refractivity contribution < 1.29 is 5.11 Å². The van der Waals surface area contributed by atoms with Crippen LogP contribution in [0.15, 0.2) is 22.7 Å². The van der Waals surface area contributed by atoms with Crippen molar-refractivity contribution in [2.45, 2.75) is 0 Å². The molecule has 1 N–H and O–H groups in total. The second-order valence-electron chi connectivity index (χ2n) is 3.93. The van der Waals surface area contributed by atoms with Crippen LogP contribution in [-0.2, 0) is 0 Å². The summed E-state index contributed by atoms with van der Waals surface area (Å²) >= 11 is 3.29. The van der Waals surface area contributed by atoms with Gasteiger partial charge in [-0.15, -0.1) is 0 Å². The van der Waals surface area contributed by atoms with E-state index >= 15 is 0 Å². The maximum atomic E-state index is 9.60. The van der Waals surface area contributed by atoms with Gasteiger partial charge in [-0.3, -0.25) is 0 Å². The first-order valence-electron chi connectivity index (χ1n) is 5.09. The zero-order valence-corrected chi connectivity index (χ0v) is 10.4. The van der Waals surface area contributed by atoms with Crippen molar-refractivity contribution in [3.63, 3.8) is 0 Å². The highest BCUT2D eigenvalue weighted by molar-refractivity contribution is 9.10. The lowest BCUT2D eigenvalue weighted by Gasteiger charge is -2.34. The molecule has 1 heterocycles. The summed E-state index contributed by atoms with van der Waals surface area (Å²) in [5.74, 6) is 0.312. The summed E-state index contributed by atoms with van der Waals surface area (Å²) in [5, 5.41) is 9.60. The number of piperazine rings is 1. The first-order valence-corrected chi connectivity index (χ1v) is 5.88. The van der Waals surface area contributed by atoms with Crippen LogP contribution in [0.3, 0.4) is 0 Å². The molecule has 1 aliphatic rings. The first-order chi connectivity index (χ1) is 7.16. The highest BCUT2D eigenvalue weighted by atomic mass is 79.9. The molecule has 1 aromatic carbocycles. The molecule has 0 bridgehead atoms. The van der Waals surface area contributed by atoms with E-state index in [-0.39, 0.29) is 0 Å². The third-order valence-electron chi connectivity index (χ3n) is 2.80. The molecule has 0 saturated carbocycles. The summed E-state index contributed by atoms with van der Waals surface area (Å²) in [4.78, 5) is 4.61. The van der Waals surface area contributed by atoms with E-state index in [4.69, 9.17) is 0 Å². The van der Waals surface area contributed by atoms with Crippen LogP contribution in [0.1, 0.15) is 0 Å². The number of anilines is 1. The van der Waals surface area contributed by atoms with Crippen LogP contribution in [0.5, 0.6) is 5.75 Å². The van der Waals surface area contributed by atoms with E-state index in [1.165, 1.54) is 0 Å². The van der Waals surface area contributed by atoms with Crippen LogP contribution in [0.25, 0.3) is 0 Å². The molecule has 0 aliphatic carbocycles. The summed E-state index contributed by atoms with van der Waals surface area (Å²) < 4.78 is 0.750. The monoisotopic (exact) mass is 270 g/mol. The zero-order valence-electron chi connectivity index (χ0n) is 8.78. The molecule has 0 spiro atoms. The molecule has 4 heteroatoms. The van der Waals surface area contributed by atoms with E-state index in [0.29, 0.717) is 5.75 Å². The van der Waals surface area contributed by atoms with E-state index in [9.17, 15) is 5.11 Å². The number of rotatable bonds is 1. The maximum absolute atomic E-state index is 9.60. The topological polar surface area (TPSA) is 26.7 Å². The SMILES string of the molecule is CN1CCN(c2ccc(Br)c(O)c2)CC1. The highest BCUT2D eigenvalue weighted by Gasteiger charge is 2.14. The standard InChI is InChI=1S/C11H15BrN2O/c1-13-4-6-14(7-5-13)9-2-3-10(12)11(15)8-9/h2-3,8,15H,4-7H2,1H3. The molecule has 1 fully saturated rings. The van der Waals surface area contributed by atoms with Gasteiger partial charge >= 0.3 is 0 Å². The van der Waals surface area contributed by atoms with Gasteiger partial charge in [-0.1, -0.05) is 0 Å². The van der Waals surface area contributed by atoms with Crippen LogP contribution in [0.2, 0.25) is 0 Å². The summed E-state index contributed by atoms with van der Waals surface area (Å²) in [6.07, 6.45) is 0. The fraction of sp³-hybridized carbons (Fsp3) is 0.455. The van der Waals surface area contributed by atoms with Crippen molar-refractivity contribution in [2.24, 2.45) is 0 Å². The summed E-state index contributed by atoms with van der Waals surface area (Å²) in [6, 6.07) is 5.74. The third kappa shape index (κ3) is 2.44. The van der Waals surface area contributed by atoms with Gasteiger partial charge in [0, 0.05) is 37.9 Å². The number of hydrogen-bond donors (Lipinski definition) is 1. The Bertz CT molecular complexity index is 348. The van der Waals surface area contributed by atoms with Gasteiger partial charge in [-0.2, -0.15) is 0 Å². The average molecular weight is 271 g/mol. The third-order valence-corrected chi connectivity index (χ3v) is 3.47. The van der Waals surface area contributed by atoms with Crippen LogP contribution < -0.4 is 4.90 Å². The smallest absolute Gasteiger partial charge is 0.131 e. The van der Waals surface area contributed by atoms with E-state index in [1.54, 1.807) is 0 Å². The van der Waals surface area contributed by atoms with E-state index in [2.05, 4.69) is 32.8 Å². The van der Waals surface area contributed by atoms with Crippen molar-refractivity contribution in [2.75, 3.05) is 38.1 Å². The van der Waals surface area contributed by atoms with Gasteiger partial charge in [0.25, 0.3) is 0 Å². The van der Waals surface area contributed by atoms with Crippen molar-refractivity contribution in [3.05, 3.63) is 22.7 Å². The average Bonchev–Trinajstić information content (AvgIpc) is 2.23. The fourth-order valence-electron chi connectivity index (χ4n) is 1.76. The Balaban J connectivity index is 2.12. The molecule has 1 aliphatic heterocycles. The molecule has 0 unspecified atom stereocenters. The number of nitrogens with zero attached hydrogens (tertiary/aromatic N) is 2. The molecule has 2 rings (SSSR count). The molecule has 0 radical (unpaired) electrons. The minimum absolute atomic E-state index is 0.312. The van der Waals surface area contributed by atoms with E-state index in [0.717, 1.165) is 36.3 Å². The molecular formula is C11H15BrN2O. The van der Waals surface area contributed by atoms with Gasteiger partial charge in [0.1, 0.15) is 5.75 Å². The number of phenolic OH excluding ortho intramolecular Hbond substituents is 1. The number of benzene rings is 1. The minimum Gasteiger partial charge on any atom is -0.507 e. The summed E-state index contributed by atoms with van der Waals surface area (Å²) in [7, 11) is 2.14. The van der Waals surface area contributed by atoms with Crippen LogP contribution >= 0.6 is 15.9 Å². The van der Waals surface area contributed by atoms with Gasteiger partial charge in [-0.25, -0.2) is 0 Å². The quantitative estimate of drug-likeness (QED) is 0.845. The number of halogens is 1. The molecule has 15 heavy (non-hydrogen) atoms. The molecule has 1 saturated heterocycles. The van der Waals surface area contributed by atoms with Crippen LogP contribution in [0.4, 0.5) is 5.69 Å². The lowest BCUT2D eigenvalue weighted by atomic mass is 10.2. The van der Waals surface area contributed by atoms with Gasteiger partial charge < -0.3 is 14.9 Å². The molecule has 3 nitrogen and oxygen atoms in total. The van der Waals surface area contributed by atoms with Crippen LogP contribution in [-0.4, -0.2) is 43.2 Å². The Morgan fingerprint density at radius 3 is 2.47 bits per heavy atom. The molecule has 1 aromatic rings. The summed E-state index contributed by atoms with van der Waals surface area (Å²) in [5.41, 5.74) is 1.10. The Morgan fingerprint density at radius 1 is 1.20 bits per heavy atom. The number of likely N-dealkylation sites (N-methyl/N-ethyl adjacent to an activating group) is 1.